The number of amides is 1. The number of aromatic amines is 1. The van der Waals surface area contributed by atoms with Gasteiger partial charge in [0, 0.05) is 32.2 Å². The molecule has 0 atom stereocenters. The van der Waals surface area contributed by atoms with E-state index in [-0.39, 0.29) is 11.8 Å². The Morgan fingerprint density at radius 2 is 1.86 bits per heavy atom. The largest absolute Gasteiger partial charge is 0.381 e. The number of nitrogens with zero attached hydrogens (tertiary/aromatic N) is 3. The summed E-state index contributed by atoms with van der Waals surface area (Å²) >= 11 is 0. The molecule has 1 aliphatic carbocycles. The van der Waals surface area contributed by atoms with Crippen LogP contribution in [-0.2, 0) is 19.6 Å². The smallest absolute Gasteiger partial charge is 0.232 e. The normalized spacial score (nSPS) is 16.9. The number of hydrogen-bond donors (Lipinski definition) is 3. The van der Waals surface area contributed by atoms with E-state index in [2.05, 4.69) is 25.6 Å². The maximum atomic E-state index is 12.5. The van der Waals surface area contributed by atoms with Crippen LogP contribution in [0, 0.1) is 12.8 Å². The average Bonchev–Trinajstić information content (AvgIpc) is 3.60. The molecule has 5 rings (SSSR count). The molecule has 1 saturated carbocycles. The number of carbonyl (C=O) groups is 1. The second kappa shape index (κ2) is 9.12. The number of aromatic nitrogens is 3. The average molecular weight is 499 g/mol. The SMILES string of the molecule is Cc1nc2c(Nc3ccc(C4CCOCC4)cc3N(C)S(C)(=O)=O)cc(NC(=O)C3CC3)nc2[nH]1. The number of imidazole rings is 1. The number of anilines is 4. The molecule has 2 aliphatic rings. The van der Waals surface area contributed by atoms with Gasteiger partial charge in [-0.25, -0.2) is 18.4 Å². The highest BCUT2D eigenvalue weighted by Gasteiger charge is 2.30. The van der Waals surface area contributed by atoms with Crippen LogP contribution in [0.15, 0.2) is 24.3 Å². The zero-order chi connectivity index (χ0) is 24.7. The Morgan fingerprint density at radius 3 is 2.54 bits per heavy atom. The first-order valence-corrected chi connectivity index (χ1v) is 13.6. The number of carbonyl (C=O) groups excluding carboxylic acids is 1. The zero-order valence-corrected chi connectivity index (χ0v) is 20.9. The monoisotopic (exact) mass is 498 g/mol. The molecule has 0 unspecified atom stereocenters. The van der Waals surface area contributed by atoms with Crippen LogP contribution in [0.4, 0.5) is 22.9 Å². The Morgan fingerprint density at radius 1 is 1.11 bits per heavy atom. The van der Waals surface area contributed by atoms with Crippen molar-refractivity contribution in [2.75, 3.05) is 41.5 Å². The number of fused-ring (bicyclic) bond motifs is 1. The molecule has 1 saturated heterocycles. The van der Waals surface area contributed by atoms with Gasteiger partial charge in [-0.05, 0) is 56.2 Å². The third kappa shape index (κ3) is 5.10. The van der Waals surface area contributed by atoms with Crippen molar-refractivity contribution in [2.24, 2.45) is 5.92 Å². The predicted molar refractivity (Wildman–Crippen MR) is 136 cm³/mol. The van der Waals surface area contributed by atoms with Gasteiger partial charge in [-0.1, -0.05) is 6.07 Å². The summed E-state index contributed by atoms with van der Waals surface area (Å²) in [5, 5.41) is 6.26. The van der Waals surface area contributed by atoms with Crippen molar-refractivity contribution in [1.82, 2.24) is 15.0 Å². The number of H-pyrrole nitrogens is 1. The highest BCUT2D eigenvalue weighted by molar-refractivity contribution is 7.92. The molecule has 10 nitrogen and oxygen atoms in total. The highest BCUT2D eigenvalue weighted by atomic mass is 32.2. The summed E-state index contributed by atoms with van der Waals surface area (Å²) in [5.41, 5.74) is 3.99. The highest BCUT2D eigenvalue weighted by Crippen LogP contribution is 2.37. The third-order valence-electron chi connectivity index (χ3n) is 6.59. The van der Waals surface area contributed by atoms with E-state index in [0.29, 0.717) is 59.0 Å². The molecule has 1 amide bonds. The fourth-order valence-corrected chi connectivity index (χ4v) is 4.87. The van der Waals surface area contributed by atoms with Gasteiger partial charge in [-0.2, -0.15) is 0 Å². The van der Waals surface area contributed by atoms with Gasteiger partial charge in [0.15, 0.2) is 5.65 Å². The Kier molecular flexibility index (Phi) is 6.14. The molecule has 2 fully saturated rings. The van der Waals surface area contributed by atoms with E-state index in [4.69, 9.17) is 4.74 Å². The lowest BCUT2D eigenvalue weighted by atomic mass is 9.91. The van der Waals surface area contributed by atoms with Crippen molar-refractivity contribution in [3.63, 3.8) is 0 Å². The second-order valence-electron chi connectivity index (χ2n) is 9.36. The molecule has 35 heavy (non-hydrogen) atoms. The molecule has 0 spiro atoms. The molecular weight excluding hydrogens is 468 g/mol. The van der Waals surface area contributed by atoms with Crippen LogP contribution in [-0.4, -0.2) is 55.8 Å². The maximum absolute atomic E-state index is 12.5. The first-order chi connectivity index (χ1) is 16.7. The Hall–Kier alpha value is -3.18. The van der Waals surface area contributed by atoms with E-state index in [0.717, 1.165) is 31.2 Å². The number of nitrogens with one attached hydrogen (secondary N) is 3. The van der Waals surface area contributed by atoms with Gasteiger partial charge >= 0.3 is 0 Å². The number of pyridine rings is 1. The number of rotatable bonds is 7. The Bertz CT molecular complexity index is 1380. The number of sulfonamides is 1. The van der Waals surface area contributed by atoms with Gasteiger partial charge in [-0.3, -0.25) is 9.10 Å². The molecule has 186 valence electrons. The summed E-state index contributed by atoms with van der Waals surface area (Å²) < 4.78 is 31.7. The minimum absolute atomic E-state index is 0.0418. The van der Waals surface area contributed by atoms with Crippen molar-refractivity contribution in [1.29, 1.82) is 0 Å². The molecule has 0 bridgehead atoms. The molecule has 1 aromatic carbocycles. The fraction of sp³-hybridized carbons (Fsp3) is 0.458. The molecule has 11 heteroatoms. The summed E-state index contributed by atoms with van der Waals surface area (Å²) in [6.45, 7) is 3.23. The molecule has 1 aliphatic heterocycles. The van der Waals surface area contributed by atoms with Crippen molar-refractivity contribution >= 4 is 50.0 Å². The summed E-state index contributed by atoms with van der Waals surface area (Å²) in [6.07, 6.45) is 4.77. The van der Waals surface area contributed by atoms with E-state index in [1.165, 1.54) is 10.6 Å². The first kappa shape index (κ1) is 23.6. The predicted octanol–water partition coefficient (Wildman–Crippen LogP) is 3.65. The summed E-state index contributed by atoms with van der Waals surface area (Å²) in [6, 6.07) is 7.60. The van der Waals surface area contributed by atoms with Crippen molar-refractivity contribution in [3.8, 4) is 0 Å². The van der Waals surface area contributed by atoms with Crippen molar-refractivity contribution in [3.05, 3.63) is 35.7 Å². The van der Waals surface area contributed by atoms with Crippen LogP contribution in [0.5, 0.6) is 0 Å². The van der Waals surface area contributed by atoms with E-state index in [1.54, 1.807) is 13.1 Å². The molecule has 0 radical (unpaired) electrons. The van der Waals surface area contributed by atoms with Gasteiger partial charge < -0.3 is 20.4 Å². The first-order valence-electron chi connectivity index (χ1n) is 11.8. The second-order valence-corrected chi connectivity index (χ2v) is 11.4. The van der Waals surface area contributed by atoms with Crippen LogP contribution >= 0.6 is 0 Å². The number of ether oxygens (including phenoxy) is 1. The summed E-state index contributed by atoms with van der Waals surface area (Å²) in [5.74, 6) is 1.41. The molecule has 2 aromatic heterocycles. The van der Waals surface area contributed by atoms with Crippen LogP contribution in [0.1, 0.15) is 43.0 Å². The summed E-state index contributed by atoms with van der Waals surface area (Å²) in [7, 11) is -1.96. The van der Waals surface area contributed by atoms with E-state index < -0.39 is 10.0 Å². The zero-order valence-electron chi connectivity index (χ0n) is 20.1. The van der Waals surface area contributed by atoms with Gasteiger partial charge in [0.2, 0.25) is 15.9 Å². The topological polar surface area (TPSA) is 129 Å². The minimum Gasteiger partial charge on any atom is -0.381 e. The van der Waals surface area contributed by atoms with E-state index >= 15 is 0 Å². The lowest BCUT2D eigenvalue weighted by Gasteiger charge is -2.26. The Balaban J connectivity index is 1.55. The third-order valence-corrected chi connectivity index (χ3v) is 7.78. The van der Waals surface area contributed by atoms with Gasteiger partial charge in [0.1, 0.15) is 17.2 Å². The van der Waals surface area contributed by atoms with Crippen LogP contribution < -0.4 is 14.9 Å². The van der Waals surface area contributed by atoms with Gasteiger partial charge in [-0.15, -0.1) is 0 Å². The van der Waals surface area contributed by atoms with E-state index in [1.807, 2.05) is 25.1 Å². The molecular formula is C24H30N6O4S. The van der Waals surface area contributed by atoms with Crippen molar-refractivity contribution in [2.45, 2.75) is 38.5 Å². The minimum atomic E-state index is -3.51. The number of aryl methyl sites for hydroxylation is 1. The van der Waals surface area contributed by atoms with Crippen LogP contribution in [0.25, 0.3) is 11.2 Å². The molecule has 3 N–H and O–H groups in total. The lowest BCUT2D eigenvalue weighted by molar-refractivity contribution is -0.117. The Labute approximate surface area is 204 Å². The number of benzene rings is 1. The maximum Gasteiger partial charge on any atom is 0.232 e. The quantitative estimate of drug-likeness (QED) is 0.453. The summed E-state index contributed by atoms with van der Waals surface area (Å²) in [4.78, 5) is 24.5. The van der Waals surface area contributed by atoms with Crippen LogP contribution in [0.2, 0.25) is 0 Å². The number of hydrogen-bond acceptors (Lipinski definition) is 7. The molecule has 3 aromatic rings. The molecule has 3 heterocycles. The fourth-order valence-electron chi connectivity index (χ4n) is 4.36. The van der Waals surface area contributed by atoms with Gasteiger partial charge in [0.25, 0.3) is 0 Å². The van der Waals surface area contributed by atoms with Crippen LogP contribution in [0.3, 0.4) is 0 Å². The van der Waals surface area contributed by atoms with Crippen molar-refractivity contribution < 1.29 is 17.9 Å². The van der Waals surface area contributed by atoms with E-state index in [9.17, 15) is 13.2 Å². The lowest BCUT2D eigenvalue weighted by Crippen LogP contribution is -2.26. The van der Waals surface area contributed by atoms with Gasteiger partial charge in [0.05, 0.1) is 23.3 Å². The standard InChI is InChI=1S/C24H30N6O4S/c1-14-25-22-19(13-21(28-23(22)26-14)29-24(31)16-4-5-16)27-18-7-6-17(15-8-10-34-11-9-15)12-20(18)30(2)35(3,32)33/h6-7,12-13,15-16H,4-5,8-11H2,1-3H3,(H3,25,26,27,28,29,31).